The Kier molecular flexibility index (Phi) is 5.74. The van der Waals surface area contributed by atoms with Gasteiger partial charge in [-0.1, -0.05) is 0 Å². The molecule has 3 aromatic heterocycles. The fourth-order valence-corrected chi connectivity index (χ4v) is 3.62. The van der Waals surface area contributed by atoms with Crippen molar-refractivity contribution in [2.75, 3.05) is 43.9 Å². The zero-order valence-corrected chi connectivity index (χ0v) is 17.2. The molecule has 1 saturated heterocycles. The number of anilines is 2. The van der Waals surface area contributed by atoms with E-state index in [1.165, 1.54) is 6.33 Å². The highest BCUT2D eigenvalue weighted by molar-refractivity contribution is 5.62. The highest BCUT2D eigenvalue weighted by Crippen LogP contribution is 2.23. The van der Waals surface area contributed by atoms with Crippen molar-refractivity contribution in [3.05, 3.63) is 41.2 Å². The quantitative estimate of drug-likeness (QED) is 0.621. The molecule has 0 aromatic carbocycles. The predicted molar refractivity (Wildman–Crippen MR) is 112 cm³/mol. The zero-order chi connectivity index (χ0) is 21.1. The molecule has 0 aliphatic carbocycles. The van der Waals surface area contributed by atoms with E-state index in [2.05, 4.69) is 32.2 Å². The number of nitrogens with zero attached hydrogens (tertiary/aromatic N) is 7. The highest BCUT2D eigenvalue weighted by atomic mass is 16.5. The number of aromatic nitrogens is 5. The Morgan fingerprint density at radius 3 is 2.90 bits per heavy atom. The fourth-order valence-electron chi connectivity index (χ4n) is 3.62. The number of aryl methyl sites for hydroxylation is 1. The Hall–Kier alpha value is -3.29. The summed E-state index contributed by atoms with van der Waals surface area (Å²) in [6, 6.07) is 3.81. The molecule has 156 valence electrons. The SMILES string of the molecule is Cc1ccn2nc([C@H](C)Nc3ncnc(N)c3C#N)nc(CCN3CCOCC3)c12. The van der Waals surface area contributed by atoms with Crippen LogP contribution in [-0.2, 0) is 11.2 Å². The molecule has 0 radical (unpaired) electrons. The summed E-state index contributed by atoms with van der Waals surface area (Å²) in [6.45, 7) is 8.36. The van der Waals surface area contributed by atoms with Crippen LogP contribution in [0.5, 0.6) is 0 Å². The minimum atomic E-state index is -0.277. The number of fused-ring (bicyclic) bond motifs is 1. The van der Waals surface area contributed by atoms with Crippen molar-refractivity contribution in [1.29, 1.82) is 5.26 Å². The van der Waals surface area contributed by atoms with E-state index in [4.69, 9.17) is 15.5 Å². The largest absolute Gasteiger partial charge is 0.382 e. The van der Waals surface area contributed by atoms with Gasteiger partial charge in [-0.25, -0.2) is 19.5 Å². The molecule has 1 fully saturated rings. The third kappa shape index (κ3) is 4.03. The molecule has 10 heteroatoms. The van der Waals surface area contributed by atoms with Crippen LogP contribution >= 0.6 is 0 Å². The average Bonchev–Trinajstić information content (AvgIpc) is 3.14. The van der Waals surface area contributed by atoms with Crippen LogP contribution in [0.2, 0.25) is 0 Å². The van der Waals surface area contributed by atoms with E-state index in [9.17, 15) is 5.26 Å². The molecule has 0 spiro atoms. The molecule has 4 rings (SSSR count). The van der Waals surface area contributed by atoms with Crippen LogP contribution in [0.1, 0.15) is 35.6 Å². The van der Waals surface area contributed by atoms with Gasteiger partial charge in [-0.15, -0.1) is 0 Å². The highest BCUT2D eigenvalue weighted by Gasteiger charge is 2.19. The number of nitrogen functional groups attached to an aromatic ring is 1. The van der Waals surface area contributed by atoms with E-state index in [-0.39, 0.29) is 17.4 Å². The Labute approximate surface area is 174 Å². The summed E-state index contributed by atoms with van der Waals surface area (Å²) in [5.41, 5.74) is 9.21. The Morgan fingerprint density at radius 1 is 1.33 bits per heavy atom. The molecule has 10 nitrogen and oxygen atoms in total. The van der Waals surface area contributed by atoms with Crippen LogP contribution in [0.3, 0.4) is 0 Å². The van der Waals surface area contributed by atoms with E-state index in [1.54, 1.807) is 0 Å². The summed E-state index contributed by atoms with van der Waals surface area (Å²) >= 11 is 0. The molecule has 0 saturated carbocycles. The fraction of sp³-hybridized carbons (Fsp3) is 0.450. The van der Waals surface area contributed by atoms with Crippen molar-refractivity contribution in [3.8, 4) is 6.07 Å². The Morgan fingerprint density at radius 2 is 2.13 bits per heavy atom. The molecule has 4 heterocycles. The van der Waals surface area contributed by atoms with Gasteiger partial charge in [-0.3, -0.25) is 4.90 Å². The number of hydrogen-bond donors (Lipinski definition) is 2. The third-order valence-corrected chi connectivity index (χ3v) is 5.30. The van der Waals surface area contributed by atoms with E-state index in [0.29, 0.717) is 11.6 Å². The second-order valence-corrected chi connectivity index (χ2v) is 7.37. The predicted octanol–water partition coefficient (Wildman–Crippen LogP) is 1.33. The minimum Gasteiger partial charge on any atom is -0.382 e. The number of rotatable bonds is 6. The lowest BCUT2D eigenvalue weighted by atomic mass is 10.2. The van der Waals surface area contributed by atoms with Crippen LogP contribution in [0.25, 0.3) is 5.52 Å². The number of nitrogens with two attached hydrogens (primary N) is 1. The monoisotopic (exact) mass is 407 g/mol. The minimum absolute atomic E-state index is 0.144. The van der Waals surface area contributed by atoms with Gasteiger partial charge < -0.3 is 15.8 Å². The topological polar surface area (TPSA) is 130 Å². The maximum atomic E-state index is 9.37. The van der Waals surface area contributed by atoms with E-state index in [0.717, 1.165) is 56.0 Å². The molecule has 3 N–H and O–H groups in total. The lowest BCUT2D eigenvalue weighted by Crippen LogP contribution is -2.37. The van der Waals surface area contributed by atoms with Crippen molar-refractivity contribution in [1.82, 2.24) is 29.5 Å². The lowest BCUT2D eigenvalue weighted by Gasteiger charge is -2.26. The normalized spacial score (nSPS) is 15.8. The van der Waals surface area contributed by atoms with E-state index in [1.807, 2.05) is 29.8 Å². The van der Waals surface area contributed by atoms with Crippen LogP contribution in [-0.4, -0.2) is 62.3 Å². The first-order valence-corrected chi connectivity index (χ1v) is 9.98. The summed E-state index contributed by atoms with van der Waals surface area (Å²) in [4.78, 5) is 15.3. The first kappa shape index (κ1) is 20.0. The van der Waals surface area contributed by atoms with Gasteiger partial charge in [-0.2, -0.15) is 10.4 Å². The molecule has 1 aliphatic heterocycles. The second kappa shape index (κ2) is 8.61. The summed E-state index contributed by atoms with van der Waals surface area (Å²) in [7, 11) is 0. The van der Waals surface area contributed by atoms with Gasteiger partial charge in [0.25, 0.3) is 0 Å². The first-order chi connectivity index (χ1) is 14.6. The number of nitrogens with one attached hydrogen (secondary N) is 1. The second-order valence-electron chi connectivity index (χ2n) is 7.37. The first-order valence-electron chi connectivity index (χ1n) is 9.98. The molecular weight excluding hydrogens is 382 g/mol. The summed E-state index contributed by atoms with van der Waals surface area (Å²) in [5, 5.41) is 17.2. The molecule has 1 aliphatic rings. The van der Waals surface area contributed by atoms with Crippen molar-refractivity contribution in [3.63, 3.8) is 0 Å². The summed E-state index contributed by atoms with van der Waals surface area (Å²) < 4.78 is 7.32. The van der Waals surface area contributed by atoms with Crippen molar-refractivity contribution in [2.24, 2.45) is 0 Å². The van der Waals surface area contributed by atoms with Gasteiger partial charge in [0, 0.05) is 32.3 Å². The van der Waals surface area contributed by atoms with Crippen LogP contribution in [0.4, 0.5) is 11.6 Å². The number of morpholine rings is 1. The van der Waals surface area contributed by atoms with E-state index < -0.39 is 0 Å². The maximum Gasteiger partial charge on any atom is 0.171 e. The van der Waals surface area contributed by atoms with Crippen molar-refractivity contribution >= 4 is 17.2 Å². The van der Waals surface area contributed by atoms with Gasteiger partial charge in [0.05, 0.1) is 30.5 Å². The van der Waals surface area contributed by atoms with Crippen molar-refractivity contribution < 1.29 is 4.74 Å². The van der Waals surface area contributed by atoms with Crippen LogP contribution < -0.4 is 11.1 Å². The molecule has 1 atom stereocenters. The average molecular weight is 407 g/mol. The third-order valence-electron chi connectivity index (χ3n) is 5.30. The molecule has 30 heavy (non-hydrogen) atoms. The van der Waals surface area contributed by atoms with Gasteiger partial charge in [0.2, 0.25) is 0 Å². The number of nitriles is 1. The van der Waals surface area contributed by atoms with Crippen LogP contribution in [0.15, 0.2) is 18.6 Å². The molecule has 0 unspecified atom stereocenters. The maximum absolute atomic E-state index is 9.37. The molecular formula is C20H25N9O. The van der Waals surface area contributed by atoms with Crippen LogP contribution in [0, 0.1) is 18.3 Å². The van der Waals surface area contributed by atoms with Gasteiger partial charge in [0.1, 0.15) is 29.6 Å². The molecule has 0 amide bonds. The molecule has 0 bridgehead atoms. The smallest absolute Gasteiger partial charge is 0.171 e. The Bertz CT molecular complexity index is 1080. The van der Waals surface area contributed by atoms with E-state index >= 15 is 0 Å². The van der Waals surface area contributed by atoms with Crippen molar-refractivity contribution in [2.45, 2.75) is 26.3 Å². The number of hydrogen-bond acceptors (Lipinski definition) is 9. The van der Waals surface area contributed by atoms with Gasteiger partial charge >= 0.3 is 0 Å². The number of ether oxygens (including phenoxy) is 1. The summed E-state index contributed by atoms with van der Waals surface area (Å²) in [6.07, 6.45) is 4.10. The standard InChI is InChI=1S/C20H25N9O/c1-13-3-6-29-17(13)16(4-5-28-7-9-30-10-8-28)26-19(27-29)14(2)25-20-15(11-21)18(22)23-12-24-20/h3,6,12,14H,4-5,7-10H2,1-2H3,(H3,22,23,24,25)/t14-/m0/s1. The summed E-state index contributed by atoms with van der Waals surface area (Å²) in [5.74, 6) is 1.14. The lowest BCUT2D eigenvalue weighted by molar-refractivity contribution is 0.0383. The van der Waals surface area contributed by atoms with Gasteiger partial charge in [-0.05, 0) is 25.5 Å². The molecule has 3 aromatic rings. The Balaban J connectivity index is 1.61. The van der Waals surface area contributed by atoms with Gasteiger partial charge in [0.15, 0.2) is 5.82 Å². The zero-order valence-electron chi connectivity index (χ0n) is 17.2.